The van der Waals surface area contributed by atoms with Gasteiger partial charge in [0, 0.05) is 30.4 Å². The Morgan fingerprint density at radius 2 is 1.75 bits per heavy atom. The maximum absolute atomic E-state index is 12.5. The van der Waals surface area contributed by atoms with Gasteiger partial charge in [0.25, 0.3) is 5.91 Å². The van der Waals surface area contributed by atoms with E-state index in [1.54, 1.807) is 18.2 Å². The molecule has 2 aliphatic rings. The van der Waals surface area contributed by atoms with Crippen molar-refractivity contribution in [1.29, 1.82) is 0 Å². The van der Waals surface area contributed by atoms with E-state index in [-0.39, 0.29) is 17.9 Å². The highest BCUT2D eigenvalue weighted by molar-refractivity contribution is 5.97. The zero-order chi connectivity index (χ0) is 22.3. The molecule has 32 heavy (non-hydrogen) atoms. The van der Waals surface area contributed by atoms with Crippen LogP contribution in [0.25, 0.3) is 0 Å². The van der Waals surface area contributed by atoms with Gasteiger partial charge in [0.15, 0.2) is 11.5 Å². The van der Waals surface area contributed by atoms with E-state index in [1.807, 2.05) is 37.3 Å². The fourth-order valence-corrected chi connectivity index (χ4v) is 3.83. The Balaban J connectivity index is 1.23. The molecule has 1 aliphatic carbocycles. The molecule has 4 rings (SSSR count). The van der Waals surface area contributed by atoms with Crippen molar-refractivity contribution >= 4 is 17.5 Å². The molecule has 2 N–H and O–H groups in total. The maximum Gasteiger partial charge on any atom is 0.251 e. The quantitative estimate of drug-likeness (QED) is 0.628. The topological polar surface area (TPSA) is 79.9 Å². The molecule has 2 amide bonds. The predicted molar refractivity (Wildman–Crippen MR) is 123 cm³/mol. The van der Waals surface area contributed by atoms with E-state index < -0.39 is 0 Å². The Labute approximate surface area is 189 Å². The number of likely N-dealkylation sites (tertiary alicyclic amines) is 1. The zero-order valence-corrected chi connectivity index (χ0v) is 18.5. The van der Waals surface area contributed by atoms with E-state index in [0.717, 1.165) is 50.3 Å². The summed E-state index contributed by atoms with van der Waals surface area (Å²) < 4.78 is 11.8. The summed E-state index contributed by atoms with van der Waals surface area (Å²) in [6.07, 6.45) is 3.90. The molecule has 1 heterocycles. The number of carbonyl (C=O) groups excluding carboxylic acids is 2. The maximum atomic E-state index is 12.5. The molecule has 0 atom stereocenters. The first-order valence-electron chi connectivity index (χ1n) is 11.4. The van der Waals surface area contributed by atoms with Crippen molar-refractivity contribution in [2.24, 2.45) is 0 Å². The van der Waals surface area contributed by atoms with Crippen LogP contribution in [0.4, 0.5) is 5.69 Å². The first kappa shape index (κ1) is 22.1. The lowest BCUT2D eigenvalue weighted by Gasteiger charge is -2.32. The van der Waals surface area contributed by atoms with Crippen LogP contribution in [0.1, 0.15) is 43.0 Å². The molecule has 1 aliphatic heterocycles. The molecule has 1 saturated heterocycles. The third kappa shape index (κ3) is 6.23. The van der Waals surface area contributed by atoms with Gasteiger partial charge in [-0.2, -0.15) is 0 Å². The molecule has 1 saturated carbocycles. The second kappa shape index (κ2) is 10.5. The summed E-state index contributed by atoms with van der Waals surface area (Å²) in [5, 5.41) is 5.89. The van der Waals surface area contributed by atoms with Crippen LogP contribution in [0.3, 0.4) is 0 Å². The molecule has 2 aromatic carbocycles. The number of para-hydroxylation sites is 2. The fourth-order valence-electron chi connectivity index (χ4n) is 3.83. The predicted octanol–water partition coefficient (Wildman–Crippen LogP) is 3.46. The van der Waals surface area contributed by atoms with Crippen LogP contribution < -0.4 is 20.1 Å². The van der Waals surface area contributed by atoms with E-state index >= 15 is 0 Å². The Kier molecular flexibility index (Phi) is 7.27. The van der Waals surface area contributed by atoms with Gasteiger partial charge in [0.2, 0.25) is 5.91 Å². The summed E-state index contributed by atoms with van der Waals surface area (Å²) in [5.74, 6) is 1.38. The first-order chi connectivity index (χ1) is 15.6. The molecule has 7 heteroatoms. The van der Waals surface area contributed by atoms with Gasteiger partial charge in [-0.15, -0.1) is 0 Å². The van der Waals surface area contributed by atoms with Gasteiger partial charge in [-0.1, -0.05) is 18.2 Å². The monoisotopic (exact) mass is 437 g/mol. The third-order valence-electron chi connectivity index (χ3n) is 5.67. The van der Waals surface area contributed by atoms with E-state index in [9.17, 15) is 9.59 Å². The minimum Gasteiger partial charge on any atom is -0.490 e. The highest BCUT2D eigenvalue weighted by Gasteiger charge is 2.25. The molecule has 2 aromatic rings. The summed E-state index contributed by atoms with van der Waals surface area (Å²) >= 11 is 0. The van der Waals surface area contributed by atoms with Crippen LogP contribution in [-0.2, 0) is 4.79 Å². The largest absolute Gasteiger partial charge is 0.490 e. The molecule has 0 unspecified atom stereocenters. The van der Waals surface area contributed by atoms with Crippen molar-refractivity contribution < 1.29 is 19.1 Å². The number of ether oxygens (including phenoxy) is 2. The van der Waals surface area contributed by atoms with Crippen LogP contribution in [0.5, 0.6) is 11.5 Å². The number of carbonyl (C=O) groups is 2. The Hall–Kier alpha value is -3.06. The van der Waals surface area contributed by atoms with Crippen LogP contribution >= 0.6 is 0 Å². The number of hydrogen-bond donors (Lipinski definition) is 2. The third-order valence-corrected chi connectivity index (χ3v) is 5.67. The van der Waals surface area contributed by atoms with Crippen molar-refractivity contribution in [3.05, 3.63) is 54.1 Å². The van der Waals surface area contributed by atoms with Crippen molar-refractivity contribution in [3.63, 3.8) is 0 Å². The van der Waals surface area contributed by atoms with Crippen LogP contribution in [0.15, 0.2) is 48.5 Å². The van der Waals surface area contributed by atoms with Gasteiger partial charge in [-0.3, -0.25) is 14.5 Å². The first-order valence-corrected chi connectivity index (χ1v) is 11.4. The lowest BCUT2D eigenvalue weighted by Crippen LogP contribution is -2.42. The molecular formula is C25H31N3O4. The molecule has 7 nitrogen and oxygen atoms in total. The van der Waals surface area contributed by atoms with Crippen molar-refractivity contribution in [3.8, 4) is 11.5 Å². The minimum atomic E-state index is -0.0865. The lowest BCUT2D eigenvalue weighted by atomic mass is 10.1. The smallest absolute Gasteiger partial charge is 0.251 e. The average molecular weight is 438 g/mol. The van der Waals surface area contributed by atoms with Gasteiger partial charge in [-0.05, 0) is 62.9 Å². The van der Waals surface area contributed by atoms with Gasteiger partial charge in [0.1, 0.15) is 6.10 Å². The van der Waals surface area contributed by atoms with Crippen LogP contribution in [0, 0.1) is 0 Å². The molecule has 0 spiro atoms. The second-order valence-electron chi connectivity index (χ2n) is 8.35. The SMILES string of the molecule is CCOc1ccccc1OC1CCN(CC(=O)Nc2cccc(C(=O)NC3CC3)c2)CC1. The van der Waals surface area contributed by atoms with Gasteiger partial charge >= 0.3 is 0 Å². The summed E-state index contributed by atoms with van der Waals surface area (Å²) in [5.41, 5.74) is 1.21. The lowest BCUT2D eigenvalue weighted by molar-refractivity contribution is -0.117. The highest BCUT2D eigenvalue weighted by Crippen LogP contribution is 2.29. The molecule has 0 radical (unpaired) electrons. The number of benzene rings is 2. The van der Waals surface area contributed by atoms with Crippen molar-refractivity contribution in [1.82, 2.24) is 10.2 Å². The normalized spacial score (nSPS) is 16.9. The van der Waals surface area contributed by atoms with E-state index in [0.29, 0.717) is 30.4 Å². The van der Waals surface area contributed by atoms with Gasteiger partial charge in [-0.25, -0.2) is 0 Å². The van der Waals surface area contributed by atoms with Crippen LogP contribution in [0.2, 0.25) is 0 Å². The number of anilines is 1. The van der Waals surface area contributed by atoms with Gasteiger partial charge < -0.3 is 20.1 Å². The Morgan fingerprint density at radius 1 is 1.00 bits per heavy atom. The summed E-state index contributed by atoms with van der Waals surface area (Å²) in [4.78, 5) is 26.9. The fraction of sp³-hybridized carbons (Fsp3) is 0.440. The van der Waals surface area contributed by atoms with Gasteiger partial charge in [0.05, 0.1) is 13.2 Å². The number of hydrogen-bond acceptors (Lipinski definition) is 5. The van der Waals surface area contributed by atoms with E-state index in [2.05, 4.69) is 15.5 Å². The highest BCUT2D eigenvalue weighted by atomic mass is 16.5. The van der Waals surface area contributed by atoms with E-state index in [4.69, 9.17) is 9.47 Å². The molecular weight excluding hydrogens is 406 g/mol. The van der Waals surface area contributed by atoms with Crippen molar-refractivity contribution in [2.45, 2.75) is 44.8 Å². The summed E-state index contributed by atoms with van der Waals surface area (Å²) in [6.45, 7) is 4.46. The number of rotatable bonds is 9. The second-order valence-corrected chi connectivity index (χ2v) is 8.35. The number of nitrogens with zero attached hydrogens (tertiary/aromatic N) is 1. The van der Waals surface area contributed by atoms with Crippen LogP contribution in [-0.4, -0.2) is 55.1 Å². The zero-order valence-electron chi connectivity index (χ0n) is 18.5. The Morgan fingerprint density at radius 3 is 2.47 bits per heavy atom. The summed E-state index contributed by atoms with van der Waals surface area (Å²) in [6, 6.07) is 15.1. The minimum absolute atomic E-state index is 0.0780. The standard InChI is InChI=1S/C25H31N3O4/c1-2-31-22-8-3-4-9-23(22)32-21-12-14-28(15-13-21)17-24(29)26-20-7-5-6-18(16-20)25(30)27-19-10-11-19/h3-9,16,19,21H,2,10-15,17H2,1H3,(H,26,29)(H,27,30). The van der Waals surface area contributed by atoms with Crippen molar-refractivity contribution in [2.75, 3.05) is 31.6 Å². The molecule has 0 aromatic heterocycles. The number of nitrogens with one attached hydrogen (secondary N) is 2. The molecule has 0 bridgehead atoms. The number of piperidine rings is 1. The average Bonchev–Trinajstić information content (AvgIpc) is 3.61. The van der Waals surface area contributed by atoms with E-state index in [1.165, 1.54) is 0 Å². The molecule has 2 fully saturated rings. The summed E-state index contributed by atoms with van der Waals surface area (Å²) in [7, 11) is 0. The Bertz CT molecular complexity index is 936. The molecule has 170 valence electrons. The number of amides is 2.